The lowest BCUT2D eigenvalue weighted by Gasteiger charge is -2.09. The molecule has 0 saturated heterocycles. The average molecular weight is 262 g/mol. The Morgan fingerprint density at radius 2 is 2.32 bits per heavy atom. The van der Waals surface area contributed by atoms with Gasteiger partial charge in [-0.05, 0) is 18.8 Å². The van der Waals surface area contributed by atoms with Crippen molar-refractivity contribution in [2.45, 2.75) is 32.4 Å². The predicted molar refractivity (Wildman–Crippen MR) is 70.8 cm³/mol. The summed E-state index contributed by atoms with van der Waals surface area (Å²) in [4.78, 5) is 8.54. The molecule has 1 atom stereocenters. The van der Waals surface area contributed by atoms with Crippen LogP contribution in [0.15, 0.2) is 6.33 Å². The molecule has 1 aliphatic rings. The summed E-state index contributed by atoms with van der Waals surface area (Å²) in [6.45, 7) is 3.55. The van der Waals surface area contributed by atoms with Crippen LogP contribution in [-0.4, -0.2) is 44.7 Å². The molecule has 0 aliphatic heterocycles. The Hall–Kier alpha value is -1.76. The van der Waals surface area contributed by atoms with Gasteiger partial charge in [-0.3, -0.25) is 0 Å². The van der Waals surface area contributed by atoms with E-state index in [1.165, 1.54) is 12.8 Å². The minimum atomic E-state index is 0.365. The molecule has 0 spiro atoms. The van der Waals surface area contributed by atoms with Gasteiger partial charge < -0.3 is 10.1 Å². The van der Waals surface area contributed by atoms with E-state index in [9.17, 15) is 0 Å². The summed E-state index contributed by atoms with van der Waals surface area (Å²) in [5.41, 5.74) is 1.53. The highest BCUT2D eigenvalue weighted by atomic mass is 16.5. The molecule has 3 rings (SSSR count). The van der Waals surface area contributed by atoms with Crippen molar-refractivity contribution in [3.63, 3.8) is 0 Å². The van der Waals surface area contributed by atoms with E-state index >= 15 is 0 Å². The first kappa shape index (κ1) is 12.3. The Bertz CT molecular complexity index is 564. The number of methoxy groups -OCH3 is 1. The van der Waals surface area contributed by atoms with Crippen molar-refractivity contribution in [2.75, 3.05) is 19.0 Å². The Kier molecular flexibility index (Phi) is 3.29. The van der Waals surface area contributed by atoms with E-state index in [0.29, 0.717) is 18.6 Å². The lowest BCUT2D eigenvalue weighted by Crippen LogP contribution is -2.14. The van der Waals surface area contributed by atoms with Crippen LogP contribution in [0.3, 0.4) is 0 Å². The molecule has 0 bridgehead atoms. The second-order valence-electron chi connectivity index (χ2n) is 5.15. The Labute approximate surface area is 111 Å². The van der Waals surface area contributed by atoms with Crippen LogP contribution < -0.4 is 5.32 Å². The zero-order valence-electron chi connectivity index (χ0n) is 11.2. The lowest BCUT2D eigenvalue weighted by molar-refractivity contribution is 0.149. The first-order valence-electron chi connectivity index (χ1n) is 6.57. The molecule has 1 fully saturated rings. The number of hydrogen-bond acceptors (Lipinski definition) is 6. The highest BCUT2D eigenvalue weighted by molar-refractivity contribution is 5.82. The van der Waals surface area contributed by atoms with Gasteiger partial charge >= 0.3 is 0 Å². The summed E-state index contributed by atoms with van der Waals surface area (Å²) < 4.78 is 6.96. The van der Waals surface area contributed by atoms with Crippen LogP contribution in [0.4, 0.5) is 5.82 Å². The molecule has 19 heavy (non-hydrogen) atoms. The fraction of sp³-hybridized carbons (Fsp3) is 0.667. The van der Waals surface area contributed by atoms with Gasteiger partial charge in [0.1, 0.15) is 6.33 Å². The smallest absolute Gasteiger partial charge is 0.183 e. The van der Waals surface area contributed by atoms with Crippen LogP contribution in [0.2, 0.25) is 0 Å². The summed E-state index contributed by atoms with van der Waals surface area (Å²) >= 11 is 0. The van der Waals surface area contributed by atoms with Gasteiger partial charge in [0, 0.05) is 19.7 Å². The van der Waals surface area contributed by atoms with Crippen molar-refractivity contribution in [1.29, 1.82) is 0 Å². The third-order valence-electron chi connectivity index (χ3n) is 3.15. The molecule has 7 heteroatoms. The third kappa shape index (κ3) is 2.65. The molecule has 1 unspecified atom stereocenters. The summed E-state index contributed by atoms with van der Waals surface area (Å²) in [5.74, 6) is 1.16. The van der Waals surface area contributed by atoms with Gasteiger partial charge in [0.15, 0.2) is 17.0 Å². The van der Waals surface area contributed by atoms with Gasteiger partial charge in [0.05, 0.1) is 6.61 Å². The second kappa shape index (κ2) is 5.08. The number of hydrogen-bond donors (Lipinski definition) is 1. The SMILES string of the molecule is COCC(C)Cn1nnc2c(NC3CC3)ncnc21. The number of rotatable bonds is 6. The maximum atomic E-state index is 5.14. The van der Waals surface area contributed by atoms with Crippen LogP contribution >= 0.6 is 0 Å². The van der Waals surface area contributed by atoms with Crippen LogP contribution in [0.5, 0.6) is 0 Å². The zero-order chi connectivity index (χ0) is 13.2. The van der Waals surface area contributed by atoms with Crippen molar-refractivity contribution < 1.29 is 4.74 Å². The molecule has 0 radical (unpaired) electrons. The maximum Gasteiger partial charge on any atom is 0.183 e. The van der Waals surface area contributed by atoms with E-state index < -0.39 is 0 Å². The highest BCUT2D eigenvalue weighted by Gasteiger charge is 2.23. The Morgan fingerprint density at radius 3 is 3.05 bits per heavy atom. The monoisotopic (exact) mass is 262 g/mol. The molecule has 2 heterocycles. The van der Waals surface area contributed by atoms with E-state index in [0.717, 1.165) is 23.5 Å². The van der Waals surface area contributed by atoms with E-state index in [1.54, 1.807) is 13.4 Å². The number of aromatic nitrogens is 5. The Balaban J connectivity index is 1.85. The zero-order valence-corrected chi connectivity index (χ0v) is 11.2. The molecular weight excluding hydrogens is 244 g/mol. The van der Waals surface area contributed by atoms with Crippen LogP contribution in [-0.2, 0) is 11.3 Å². The van der Waals surface area contributed by atoms with Crippen LogP contribution in [0.1, 0.15) is 19.8 Å². The van der Waals surface area contributed by atoms with Crippen molar-refractivity contribution in [3.05, 3.63) is 6.33 Å². The topological polar surface area (TPSA) is 77.8 Å². The normalized spacial score (nSPS) is 16.7. The molecule has 7 nitrogen and oxygen atoms in total. The fourth-order valence-corrected chi connectivity index (χ4v) is 2.07. The molecule has 0 amide bonds. The molecule has 0 aromatic carbocycles. The first-order valence-corrected chi connectivity index (χ1v) is 6.57. The number of ether oxygens (including phenoxy) is 1. The number of nitrogens with zero attached hydrogens (tertiary/aromatic N) is 5. The minimum absolute atomic E-state index is 0.365. The van der Waals surface area contributed by atoms with Crippen LogP contribution in [0.25, 0.3) is 11.2 Å². The Morgan fingerprint density at radius 1 is 1.47 bits per heavy atom. The highest BCUT2D eigenvalue weighted by Crippen LogP contribution is 2.26. The minimum Gasteiger partial charge on any atom is -0.384 e. The fourth-order valence-electron chi connectivity index (χ4n) is 2.07. The van der Waals surface area contributed by atoms with Crippen molar-refractivity contribution in [1.82, 2.24) is 25.0 Å². The van der Waals surface area contributed by atoms with E-state index in [-0.39, 0.29) is 0 Å². The molecule has 2 aromatic rings. The number of nitrogens with one attached hydrogen (secondary N) is 1. The maximum absolute atomic E-state index is 5.14. The summed E-state index contributed by atoms with van der Waals surface area (Å²) in [7, 11) is 1.70. The van der Waals surface area contributed by atoms with Crippen LogP contribution in [0, 0.1) is 5.92 Å². The van der Waals surface area contributed by atoms with Gasteiger partial charge in [0.25, 0.3) is 0 Å². The predicted octanol–water partition coefficient (Wildman–Crippen LogP) is 1.08. The first-order chi connectivity index (χ1) is 9.28. The molecule has 2 aromatic heterocycles. The van der Waals surface area contributed by atoms with Gasteiger partial charge in [-0.1, -0.05) is 12.1 Å². The largest absolute Gasteiger partial charge is 0.384 e. The van der Waals surface area contributed by atoms with E-state index in [2.05, 4.69) is 32.5 Å². The number of anilines is 1. The molecule has 1 aliphatic carbocycles. The standard InChI is InChI=1S/C12H18N6O/c1-8(6-19-2)5-18-12-10(16-17-18)11(13-7-14-12)15-9-3-4-9/h7-9H,3-6H2,1-2H3,(H,13,14,15). The summed E-state index contributed by atoms with van der Waals surface area (Å²) in [6.07, 6.45) is 3.96. The molecule has 1 N–H and O–H groups in total. The molecular formula is C12H18N6O. The van der Waals surface area contributed by atoms with E-state index in [4.69, 9.17) is 4.74 Å². The van der Waals surface area contributed by atoms with E-state index in [1.807, 2.05) is 4.68 Å². The van der Waals surface area contributed by atoms with Crippen molar-refractivity contribution in [3.8, 4) is 0 Å². The van der Waals surface area contributed by atoms with Crippen molar-refractivity contribution >= 4 is 17.0 Å². The molecule has 102 valence electrons. The lowest BCUT2D eigenvalue weighted by atomic mass is 10.2. The van der Waals surface area contributed by atoms with Gasteiger partial charge in [-0.15, -0.1) is 5.10 Å². The quantitative estimate of drug-likeness (QED) is 0.839. The van der Waals surface area contributed by atoms with Crippen molar-refractivity contribution in [2.24, 2.45) is 5.92 Å². The number of fused-ring (bicyclic) bond motifs is 1. The van der Waals surface area contributed by atoms with Gasteiger partial charge in [-0.25, -0.2) is 14.6 Å². The average Bonchev–Trinajstić information content (AvgIpc) is 3.11. The second-order valence-corrected chi connectivity index (χ2v) is 5.15. The summed E-state index contributed by atoms with van der Waals surface area (Å²) in [5, 5.41) is 11.7. The summed E-state index contributed by atoms with van der Waals surface area (Å²) in [6, 6.07) is 0.538. The van der Waals surface area contributed by atoms with Gasteiger partial charge in [0.2, 0.25) is 0 Å². The van der Waals surface area contributed by atoms with Gasteiger partial charge in [-0.2, -0.15) is 0 Å². The third-order valence-corrected chi connectivity index (χ3v) is 3.15. The molecule has 1 saturated carbocycles.